The van der Waals surface area contributed by atoms with Crippen LogP contribution in [0.25, 0.3) is 0 Å². The third-order valence-electron chi connectivity index (χ3n) is 4.13. The summed E-state index contributed by atoms with van der Waals surface area (Å²) in [6.45, 7) is 1.34. The molecule has 0 aliphatic heterocycles. The first-order valence-corrected chi connectivity index (χ1v) is 9.20. The molecule has 0 radical (unpaired) electrons. The fourth-order valence-electron chi connectivity index (χ4n) is 2.79. The normalized spacial score (nSPS) is 10.4. The first-order chi connectivity index (χ1) is 14.5. The summed E-state index contributed by atoms with van der Waals surface area (Å²) in [7, 11) is 0. The van der Waals surface area contributed by atoms with Gasteiger partial charge in [0.2, 0.25) is 0 Å². The molecular weight excluding hydrogens is 388 g/mol. The predicted molar refractivity (Wildman–Crippen MR) is 107 cm³/mol. The van der Waals surface area contributed by atoms with E-state index >= 15 is 0 Å². The minimum atomic E-state index is 0.0728. The summed E-state index contributed by atoms with van der Waals surface area (Å²) in [6.07, 6.45) is 8.13. The van der Waals surface area contributed by atoms with E-state index in [4.69, 9.17) is 0 Å². The standard InChI is InChI=1S/2C10H11N3O2/c2*14-9-5-8(6-10(15)7-9)1-3-13-4-2-11-12-13/h2*2,4-7,14-15H,1,3H2. The van der Waals surface area contributed by atoms with Crippen molar-refractivity contribution in [3.05, 3.63) is 72.3 Å². The Morgan fingerprint density at radius 1 is 0.567 bits per heavy atom. The van der Waals surface area contributed by atoms with Gasteiger partial charge in [0, 0.05) is 37.6 Å². The fraction of sp³-hybridized carbons (Fsp3) is 0.200. The van der Waals surface area contributed by atoms with E-state index in [1.54, 1.807) is 58.4 Å². The Balaban J connectivity index is 0.000000171. The van der Waals surface area contributed by atoms with Crippen LogP contribution in [0.1, 0.15) is 11.1 Å². The smallest absolute Gasteiger partial charge is 0.119 e. The minimum Gasteiger partial charge on any atom is -0.508 e. The number of aromatic hydroxyl groups is 4. The monoisotopic (exact) mass is 410 g/mol. The minimum absolute atomic E-state index is 0.0728. The summed E-state index contributed by atoms with van der Waals surface area (Å²) >= 11 is 0. The first kappa shape index (κ1) is 20.6. The van der Waals surface area contributed by atoms with Crippen molar-refractivity contribution in [2.75, 3.05) is 0 Å². The zero-order valence-electron chi connectivity index (χ0n) is 16.1. The number of nitrogens with zero attached hydrogens (tertiary/aromatic N) is 6. The molecule has 30 heavy (non-hydrogen) atoms. The molecule has 0 unspecified atom stereocenters. The van der Waals surface area contributed by atoms with Crippen LogP contribution in [0.3, 0.4) is 0 Å². The van der Waals surface area contributed by atoms with Crippen molar-refractivity contribution in [2.45, 2.75) is 25.9 Å². The molecule has 0 amide bonds. The molecule has 0 aliphatic carbocycles. The molecule has 2 aromatic heterocycles. The Hall–Kier alpha value is -4.08. The largest absolute Gasteiger partial charge is 0.508 e. The second-order valence-electron chi connectivity index (χ2n) is 6.55. The second-order valence-corrected chi connectivity index (χ2v) is 6.55. The summed E-state index contributed by atoms with van der Waals surface area (Å²) in [6, 6.07) is 9.10. The van der Waals surface area contributed by atoms with Crippen LogP contribution in [-0.4, -0.2) is 50.4 Å². The van der Waals surface area contributed by atoms with Crippen molar-refractivity contribution in [1.82, 2.24) is 30.0 Å². The number of phenolic OH excluding ortho intramolecular Hbond substituents is 4. The van der Waals surface area contributed by atoms with Crippen molar-refractivity contribution in [1.29, 1.82) is 0 Å². The van der Waals surface area contributed by atoms with Gasteiger partial charge >= 0.3 is 0 Å². The van der Waals surface area contributed by atoms with Gasteiger partial charge in [-0.2, -0.15) is 0 Å². The topological polar surface area (TPSA) is 142 Å². The van der Waals surface area contributed by atoms with E-state index in [1.807, 2.05) is 0 Å². The van der Waals surface area contributed by atoms with Crippen molar-refractivity contribution in [3.63, 3.8) is 0 Å². The van der Waals surface area contributed by atoms with Gasteiger partial charge in [-0.3, -0.25) is 9.36 Å². The van der Waals surface area contributed by atoms with Crippen LogP contribution in [-0.2, 0) is 25.9 Å². The number of phenols is 4. The summed E-state index contributed by atoms with van der Waals surface area (Å²) in [5.41, 5.74) is 1.73. The van der Waals surface area contributed by atoms with E-state index in [2.05, 4.69) is 20.6 Å². The highest BCUT2D eigenvalue weighted by Crippen LogP contribution is 2.21. The van der Waals surface area contributed by atoms with Crippen LogP contribution in [0.2, 0.25) is 0 Å². The van der Waals surface area contributed by atoms with Crippen molar-refractivity contribution in [2.24, 2.45) is 0 Å². The number of rotatable bonds is 6. The third-order valence-corrected chi connectivity index (χ3v) is 4.13. The molecule has 156 valence electrons. The average Bonchev–Trinajstić information content (AvgIpc) is 3.38. The van der Waals surface area contributed by atoms with Crippen molar-refractivity contribution < 1.29 is 20.4 Å². The second kappa shape index (κ2) is 9.92. The molecule has 2 heterocycles. The Labute approximate surface area is 172 Å². The molecule has 0 saturated carbocycles. The molecule has 4 aromatic rings. The lowest BCUT2D eigenvalue weighted by Gasteiger charge is -2.03. The maximum atomic E-state index is 9.26. The van der Waals surface area contributed by atoms with Crippen LogP contribution in [0, 0.1) is 0 Å². The molecule has 10 heteroatoms. The molecule has 10 nitrogen and oxygen atoms in total. The molecule has 4 rings (SSSR count). The molecular formula is C20H22N6O4. The van der Waals surface area contributed by atoms with Crippen molar-refractivity contribution >= 4 is 0 Å². The van der Waals surface area contributed by atoms with E-state index < -0.39 is 0 Å². The quantitative estimate of drug-likeness (QED) is 0.377. The Morgan fingerprint density at radius 2 is 0.933 bits per heavy atom. The van der Waals surface area contributed by atoms with Gasteiger partial charge in [0.25, 0.3) is 0 Å². The van der Waals surface area contributed by atoms with Crippen LogP contribution in [0.4, 0.5) is 0 Å². The van der Waals surface area contributed by atoms with Crippen LogP contribution in [0.15, 0.2) is 61.2 Å². The SMILES string of the molecule is Oc1cc(O)cc(CCn2ccnn2)c1.Oc1cc(O)cc(CCn2ccnn2)c1. The highest BCUT2D eigenvalue weighted by Gasteiger charge is 2.01. The molecule has 0 spiro atoms. The van der Waals surface area contributed by atoms with Gasteiger partial charge in [-0.1, -0.05) is 10.4 Å². The first-order valence-electron chi connectivity index (χ1n) is 9.20. The molecule has 0 saturated heterocycles. The molecule has 0 bridgehead atoms. The summed E-state index contributed by atoms with van der Waals surface area (Å²) in [5.74, 6) is 0.291. The number of hydrogen-bond donors (Lipinski definition) is 4. The number of aryl methyl sites for hydroxylation is 4. The van der Waals surface area contributed by atoms with E-state index in [1.165, 1.54) is 12.1 Å². The molecule has 0 atom stereocenters. The van der Waals surface area contributed by atoms with Gasteiger partial charge in [-0.15, -0.1) is 10.2 Å². The van der Waals surface area contributed by atoms with Crippen LogP contribution in [0.5, 0.6) is 23.0 Å². The Bertz CT molecular complexity index is 925. The van der Waals surface area contributed by atoms with Crippen LogP contribution < -0.4 is 0 Å². The highest BCUT2D eigenvalue weighted by molar-refractivity contribution is 5.37. The van der Waals surface area contributed by atoms with Gasteiger partial charge in [0.1, 0.15) is 23.0 Å². The third kappa shape index (κ3) is 6.51. The van der Waals surface area contributed by atoms with E-state index in [9.17, 15) is 20.4 Å². The lowest BCUT2D eigenvalue weighted by atomic mass is 10.1. The number of hydrogen-bond acceptors (Lipinski definition) is 8. The van der Waals surface area contributed by atoms with Gasteiger partial charge in [0.05, 0.1) is 12.4 Å². The fourth-order valence-corrected chi connectivity index (χ4v) is 2.79. The lowest BCUT2D eigenvalue weighted by molar-refractivity contribution is 0.447. The number of aromatic nitrogens is 6. The maximum absolute atomic E-state index is 9.26. The predicted octanol–water partition coefficient (Wildman–Crippen LogP) is 1.86. The van der Waals surface area contributed by atoms with E-state index in [-0.39, 0.29) is 23.0 Å². The summed E-state index contributed by atoms with van der Waals surface area (Å²) in [5, 5.41) is 52.0. The van der Waals surface area contributed by atoms with Gasteiger partial charge < -0.3 is 20.4 Å². The average molecular weight is 410 g/mol. The Morgan fingerprint density at radius 3 is 1.23 bits per heavy atom. The van der Waals surface area contributed by atoms with Gasteiger partial charge in [-0.05, 0) is 48.2 Å². The van der Waals surface area contributed by atoms with Gasteiger partial charge in [0.15, 0.2) is 0 Å². The van der Waals surface area contributed by atoms with Crippen molar-refractivity contribution in [3.8, 4) is 23.0 Å². The lowest BCUT2D eigenvalue weighted by Crippen LogP contribution is -2.01. The van der Waals surface area contributed by atoms with Crippen LogP contribution >= 0.6 is 0 Å². The molecule has 0 fully saturated rings. The van der Waals surface area contributed by atoms with E-state index in [0.717, 1.165) is 11.1 Å². The molecule has 2 aromatic carbocycles. The molecule has 0 aliphatic rings. The highest BCUT2D eigenvalue weighted by atomic mass is 16.3. The number of benzene rings is 2. The summed E-state index contributed by atoms with van der Waals surface area (Å²) < 4.78 is 3.39. The zero-order chi connectivity index (χ0) is 21.3. The molecule has 4 N–H and O–H groups in total. The maximum Gasteiger partial charge on any atom is 0.119 e. The van der Waals surface area contributed by atoms with E-state index in [0.29, 0.717) is 25.9 Å². The Kier molecular flexibility index (Phi) is 6.83. The summed E-state index contributed by atoms with van der Waals surface area (Å²) in [4.78, 5) is 0. The zero-order valence-corrected chi connectivity index (χ0v) is 16.1. The van der Waals surface area contributed by atoms with Gasteiger partial charge in [-0.25, -0.2) is 0 Å².